The SMILES string of the molecule is COc1ccccc1C1(CNC(=O)CCC2CCCCC2)CCOCC1. The summed E-state index contributed by atoms with van der Waals surface area (Å²) in [7, 11) is 1.72. The number of benzene rings is 1. The van der Waals surface area contributed by atoms with Gasteiger partial charge in [-0.2, -0.15) is 0 Å². The standard InChI is InChI=1S/C22H33NO3/c1-25-20-10-6-5-9-19(20)22(13-15-26-16-14-22)17-23-21(24)12-11-18-7-3-2-4-8-18/h5-6,9-10,18H,2-4,7-8,11-17H2,1H3,(H,23,24). The molecule has 4 nitrogen and oxygen atoms in total. The molecule has 0 unspecified atom stereocenters. The van der Waals surface area contributed by atoms with Crippen LogP contribution < -0.4 is 10.1 Å². The van der Waals surface area contributed by atoms with Gasteiger partial charge < -0.3 is 14.8 Å². The summed E-state index contributed by atoms with van der Waals surface area (Å²) in [5.41, 5.74) is 1.10. The van der Waals surface area contributed by atoms with Gasteiger partial charge in [0.25, 0.3) is 0 Å². The van der Waals surface area contributed by atoms with Crippen LogP contribution in [0.5, 0.6) is 5.75 Å². The Hall–Kier alpha value is -1.55. The summed E-state index contributed by atoms with van der Waals surface area (Å²) in [6.45, 7) is 2.13. The summed E-state index contributed by atoms with van der Waals surface area (Å²) in [6.07, 6.45) is 10.2. The average Bonchev–Trinajstić information content (AvgIpc) is 2.72. The zero-order valence-electron chi connectivity index (χ0n) is 16.1. The van der Waals surface area contributed by atoms with Gasteiger partial charge in [-0.25, -0.2) is 0 Å². The Morgan fingerprint density at radius 2 is 1.92 bits per heavy atom. The Labute approximate surface area is 157 Å². The largest absolute Gasteiger partial charge is 0.496 e. The molecule has 0 atom stereocenters. The fourth-order valence-electron chi connectivity index (χ4n) is 4.55. The lowest BCUT2D eigenvalue weighted by Gasteiger charge is -2.38. The second-order valence-corrected chi connectivity index (χ2v) is 7.91. The molecule has 1 saturated heterocycles. The summed E-state index contributed by atoms with van der Waals surface area (Å²) in [5, 5.41) is 3.23. The lowest BCUT2D eigenvalue weighted by Crippen LogP contribution is -2.44. The van der Waals surface area contributed by atoms with Gasteiger partial charge in [-0.3, -0.25) is 4.79 Å². The third-order valence-electron chi connectivity index (χ3n) is 6.26. The normalized spacial score (nSPS) is 20.5. The highest BCUT2D eigenvalue weighted by Crippen LogP contribution is 2.39. The Balaban J connectivity index is 1.60. The van der Waals surface area contributed by atoms with Crippen LogP contribution in [0, 0.1) is 5.92 Å². The van der Waals surface area contributed by atoms with Crippen LogP contribution in [0.1, 0.15) is 63.4 Å². The van der Waals surface area contributed by atoms with Crippen molar-refractivity contribution in [3.8, 4) is 5.75 Å². The van der Waals surface area contributed by atoms with Gasteiger partial charge in [0.1, 0.15) is 5.75 Å². The fourth-order valence-corrected chi connectivity index (χ4v) is 4.55. The maximum atomic E-state index is 12.5. The number of amides is 1. The molecular weight excluding hydrogens is 326 g/mol. The Morgan fingerprint density at radius 1 is 1.19 bits per heavy atom. The maximum absolute atomic E-state index is 12.5. The number of carbonyl (C=O) groups excluding carboxylic acids is 1. The summed E-state index contributed by atoms with van der Waals surface area (Å²) < 4.78 is 11.2. The minimum Gasteiger partial charge on any atom is -0.496 e. The van der Waals surface area contributed by atoms with E-state index in [1.807, 2.05) is 12.1 Å². The number of methoxy groups -OCH3 is 1. The first-order valence-electron chi connectivity index (χ1n) is 10.2. The minimum atomic E-state index is -0.0919. The molecule has 1 aliphatic heterocycles. The molecule has 1 N–H and O–H groups in total. The van der Waals surface area contributed by atoms with Gasteiger partial charge >= 0.3 is 0 Å². The number of nitrogens with one attached hydrogen (secondary N) is 1. The van der Waals surface area contributed by atoms with Crippen molar-refractivity contribution in [1.29, 1.82) is 0 Å². The Kier molecular flexibility index (Phi) is 6.95. The first-order chi connectivity index (χ1) is 12.7. The highest BCUT2D eigenvalue weighted by molar-refractivity contribution is 5.76. The van der Waals surface area contributed by atoms with Crippen molar-refractivity contribution in [2.75, 3.05) is 26.9 Å². The number of carbonyl (C=O) groups is 1. The van der Waals surface area contributed by atoms with Crippen LogP contribution >= 0.6 is 0 Å². The van der Waals surface area contributed by atoms with Gasteiger partial charge in [0.05, 0.1) is 7.11 Å². The third-order valence-corrected chi connectivity index (χ3v) is 6.26. The molecule has 0 bridgehead atoms. The van der Waals surface area contributed by atoms with E-state index in [1.54, 1.807) is 7.11 Å². The molecule has 1 aromatic carbocycles. The van der Waals surface area contributed by atoms with Crippen molar-refractivity contribution in [2.45, 2.75) is 63.2 Å². The fraction of sp³-hybridized carbons (Fsp3) is 0.682. The van der Waals surface area contributed by atoms with Crippen molar-refractivity contribution < 1.29 is 14.3 Å². The van der Waals surface area contributed by atoms with E-state index < -0.39 is 0 Å². The Bertz CT molecular complexity index is 575. The van der Waals surface area contributed by atoms with E-state index in [-0.39, 0.29) is 11.3 Å². The lowest BCUT2D eigenvalue weighted by atomic mass is 9.73. The van der Waals surface area contributed by atoms with Crippen LogP contribution in [0.15, 0.2) is 24.3 Å². The molecule has 1 aromatic rings. The van der Waals surface area contributed by atoms with E-state index in [9.17, 15) is 4.79 Å². The van der Waals surface area contributed by atoms with Crippen molar-refractivity contribution in [3.63, 3.8) is 0 Å². The molecule has 0 radical (unpaired) electrons. The predicted octanol–water partition coefficient (Wildman–Crippen LogP) is 4.22. The van der Waals surface area contributed by atoms with E-state index in [2.05, 4.69) is 17.4 Å². The first-order valence-corrected chi connectivity index (χ1v) is 10.2. The third kappa shape index (κ3) is 4.79. The predicted molar refractivity (Wildman–Crippen MR) is 104 cm³/mol. The molecule has 26 heavy (non-hydrogen) atoms. The van der Waals surface area contributed by atoms with Crippen LogP contribution in [-0.2, 0) is 14.9 Å². The zero-order chi connectivity index (χ0) is 18.2. The minimum absolute atomic E-state index is 0.0919. The highest BCUT2D eigenvalue weighted by Gasteiger charge is 2.37. The molecular formula is C22H33NO3. The molecule has 1 saturated carbocycles. The molecule has 0 aromatic heterocycles. The number of ether oxygens (including phenoxy) is 2. The molecule has 0 spiro atoms. The van der Waals surface area contributed by atoms with E-state index in [4.69, 9.17) is 9.47 Å². The van der Waals surface area contributed by atoms with Crippen LogP contribution in [0.3, 0.4) is 0 Å². The number of hydrogen-bond donors (Lipinski definition) is 1. The smallest absolute Gasteiger partial charge is 0.220 e. The molecule has 4 heteroatoms. The average molecular weight is 360 g/mol. The summed E-state index contributed by atoms with van der Waals surface area (Å²) >= 11 is 0. The maximum Gasteiger partial charge on any atom is 0.220 e. The van der Waals surface area contributed by atoms with Crippen molar-refractivity contribution >= 4 is 5.91 Å². The zero-order valence-corrected chi connectivity index (χ0v) is 16.1. The van der Waals surface area contributed by atoms with Crippen molar-refractivity contribution in [2.24, 2.45) is 5.92 Å². The second-order valence-electron chi connectivity index (χ2n) is 7.91. The second kappa shape index (κ2) is 9.40. The van der Waals surface area contributed by atoms with Gasteiger partial charge in [-0.1, -0.05) is 50.3 Å². The van der Waals surface area contributed by atoms with E-state index in [0.29, 0.717) is 13.0 Å². The van der Waals surface area contributed by atoms with Gasteiger partial charge in [-0.15, -0.1) is 0 Å². The molecule has 1 heterocycles. The summed E-state index contributed by atoms with van der Waals surface area (Å²) in [6, 6.07) is 8.20. The summed E-state index contributed by atoms with van der Waals surface area (Å²) in [5.74, 6) is 1.85. The van der Waals surface area contributed by atoms with Gasteiger partial charge in [-0.05, 0) is 31.2 Å². The summed E-state index contributed by atoms with van der Waals surface area (Å²) in [4.78, 5) is 12.5. The van der Waals surface area contributed by atoms with Crippen LogP contribution in [0.2, 0.25) is 0 Å². The van der Waals surface area contributed by atoms with Gasteiger partial charge in [0, 0.05) is 37.2 Å². The number of hydrogen-bond acceptors (Lipinski definition) is 3. The van der Waals surface area contributed by atoms with Crippen molar-refractivity contribution in [1.82, 2.24) is 5.32 Å². The molecule has 2 aliphatic rings. The van der Waals surface area contributed by atoms with Gasteiger partial charge in [0.15, 0.2) is 0 Å². The van der Waals surface area contributed by atoms with Crippen LogP contribution in [-0.4, -0.2) is 32.8 Å². The van der Waals surface area contributed by atoms with Gasteiger partial charge in [0.2, 0.25) is 5.91 Å². The highest BCUT2D eigenvalue weighted by atomic mass is 16.5. The van der Waals surface area contributed by atoms with Crippen LogP contribution in [0.25, 0.3) is 0 Å². The van der Waals surface area contributed by atoms with E-state index in [1.165, 1.54) is 37.7 Å². The Morgan fingerprint density at radius 3 is 2.65 bits per heavy atom. The first kappa shape index (κ1) is 19.2. The molecule has 144 valence electrons. The van der Waals surface area contributed by atoms with Crippen molar-refractivity contribution in [3.05, 3.63) is 29.8 Å². The molecule has 1 aliphatic carbocycles. The molecule has 1 amide bonds. The quantitative estimate of drug-likeness (QED) is 0.793. The van der Waals surface area contributed by atoms with Crippen LogP contribution in [0.4, 0.5) is 0 Å². The topological polar surface area (TPSA) is 47.6 Å². The number of para-hydroxylation sites is 1. The van der Waals surface area contributed by atoms with E-state index in [0.717, 1.165) is 44.1 Å². The molecule has 3 rings (SSSR count). The lowest BCUT2D eigenvalue weighted by molar-refractivity contribution is -0.122. The monoisotopic (exact) mass is 359 g/mol. The van der Waals surface area contributed by atoms with E-state index >= 15 is 0 Å². The molecule has 2 fully saturated rings. The number of rotatable bonds is 7.